The Morgan fingerprint density at radius 1 is 1.12 bits per heavy atom. The third-order valence-electron chi connectivity index (χ3n) is 5.31. The van der Waals surface area contributed by atoms with E-state index in [-0.39, 0.29) is 5.91 Å². The highest BCUT2D eigenvalue weighted by molar-refractivity contribution is 5.98. The van der Waals surface area contributed by atoms with E-state index in [1.165, 1.54) is 19.2 Å². The lowest BCUT2D eigenvalue weighted by molar-refractivity contribution is 0.0664. The standard InChI is InChI=1S/C17H22N6O/c1-21-10-4-8-15(21)16-9-5-11-22(16)17(24)13-6-2-3-7-14(13)23-12-18-19-20-23/h2-3,6-7,12,15-16H,4-5,8-11H2,1H3. The number of likely N-dealkylation sites (N-methyl/N-ethyl adjacent to an activating group) is 1. The van der Waals surface area contributed by atoms with Gasteiger partial charge < -0.3 is 9.80 Å². The number of rotatable bonds is 3. The molecule has 0 bridgehead atoms. The molecule has 2 aliphatic rings. The molecule has 2 saturated heterocycles. The zero-order valence-electron chi connectivity index (χ0n) is 13.9. The van der Waals surface area contributed by atoms with Crippen molar-refractivity contribution in [3.63, 3.8) is 0 Å². The largest absolute Gasteiger partial charge is 0.334 e. The molecule has 1 aromatic heterocycles. The number of carbonyl (C=O) groups excluding carboxylic acids is 1. The van der Waals surface area contributed by atoms with Crippen molar-refractivity contribution >= 4 is 5.91 Å². The molecule has 24 heavy (non-hydrogen) atoms. The minimum absolute atomic E-state index is 0.0869. The predicted octanol–water partition coefficient (Wildman–Crippen LogP) is 1.36. The smallest absolute Gasteiger partial charge is 0.256 e. The molecule has 2 atom stereocenters. The highest BCUT2D eigenvalue weighted by Crippen LogP contribution is 2.30. The summed E-state index contributed by atoms with van der Waals surface area (Å²) in [6.45, 7) is 1.96. The van der Waals surface area contributed by atoms with Gasteiger partial charge in [-0.2, -0.15) is 4.68 Å². The molecule has 126 valence electrons. The molecule has 1 amide bonds. The third kappa shape index (κ3) is 2.58. The van der Waals surface area contributed by atoms with Crippen LogP contribution in [0.4, 0.5) is 0 Å². The van der Waals surface area contributed by atoms with Crippen LogP contribution in [-0.4, -0.2) is 68.1 Å². The molecule has 3 heterocycles. The number of tetrazole rings is 1. The van der Waals surface area contributed by atoms with Gasteiger partial charge in [-0.3, -0.25) is 4.79 Å². The zero-order valence-corrected chi connectivity index (χ0v) is 13.9. The van der Waals surface area contributed by atoms with Gasteiger partial charge in [0.05, 0.1) is 11.3 Å². The monoisotopic (exact) mass is 326 g/mol. The molecule has 0 N–H and O–H groups in total. The normalized spacial score (nSPS) is 24.6. The van der Waals surface area contributed by atoms with E-state index in [0.29, 0.717) is 17.6 Å². The molecule has 2 fully saturated rings. The van der Waals surface area contributed by atoms with Crippen LogP contribution in [0.25, 0.3) is 5.69 Å². The van der Waals surface area contributed by atoms with E-state index in [2.05, 4.69) is 32.4 Å². The SMILES string of the molecule is CN1CCCC1C1CCCN1C(=O)c1ccccc1-n1cnnn1. The Hall–Kier alpha value is -2.28. The van der Waals surface area contributed by atoms with Crippen molar-refractivity contribution in [1.82, 2.24) is 30.0 Å². The van der Waals surface area contributed by atoms with Crippen LogP contribution in [0.1, 0.15) is 36.0 Å². The average molecular weight is 326 g/mol. The number of amides is 1. The van der Waals surface area contributed by atoms with E-state index < -0.39 is 0 Å². The first-order valence-electron chi connectivity index (χ1n) is 8.59. The Bertz CT molecular complexity index is 716. The van der Waals surface area contributed by atoms with E-state index in [1.807, 2.05) is 24.3 Å². The van der Waals surface area contributed by atoms with Crippen LogP contribution in [-0.2, 0) is 0 Å². The zero-order chi connectivity index (χ0) is 16.5. The molecular weight excluding hydrogens is 304 g/mol. The van der Waals surface area contributed by atoms with E-state index in [4.69, 9.17) is 0 Å². The molecule has 4 rings (SSSR count). The Morgan fingerprint density at radius 2 is 1.92 bits per heavy atom. The van der Waals surface area contributed by atoms with Gasteiger partial charge in [-0.1, -0.05) is 12.1 Å². The minimum Gasteiger partial charge on any atom is -0.334 e. The summed E-state index contributed by atoms with van der Waals surface area (Å²) in [5, 5.41) is 11.3. The van der Waals surface area contributed by atoms with Gasteiger partial charge >= 0.3 is 0 Å². The first-order chi connectivity index (χ1) is 11.8. The van der Waals surface area contributed by atoms with Crippen LogP contribution in [0, 0.1) is 0 Å². The topological polar surface area (TPSA) is 67.2 Å². The van der Waals surface area contributed by atoms with Crippen molar-refractivity contribution in [3.8, 4) is 5.69 Å². The maximum Gasteiger partial charge on any atom is 0.256 e. The summed E-state index contributed by atoms with van der Waals surface area (Å²) in [6, 6.07) is 8.35. The summed E-state index contributed by atoms with van der Waals surface area (Å²) in [4.78, 5) is 17.7. The van der Waals surface area contributed by atoms with Crippen molar-refractivity contribution in [2.45, 2.75) is 37.8 Å². The molecule has 0 aliphatic carbocycles. The van der Waals surface area contributed by atoms with Crippen molar-refractivity contribution in [1.29, 1.82) is 0 Å². The van der Waals surface area contributed by atoms with E-state index in [0.717, 1.165) is 31.6 Å². The van der Waals surface area contributed by atoms with E-state index in [9.17, 15) is 4.79 Å². The number of nitrogens with zero attached hydrogens (tertiary/aromatic N) is 6. The quantitative estimate of drug-likeness (QED) is 0.852. The molecule has 0 spiro atoms. The average Bonchev–Trinajstić information content (AvgIpc) is 3.35. The van der Waals surface area contributed by atoms with Crippen molar-refractivity contribution < 1.29 is 4.79 Å². The van der Waals surface area contributed by atoms with Crippen LogP contribution >= 0.6 is 0 Å². The number of hydrogen-bond acceptors (Lipinski definition) is 5. The lowest BCUT2D eigenvalue weighted by Gasteiger charge is -2.33. The van der Waals surface area contributed by atoms with Gasteiger partial charge in [0, 0.05) is 18.6 Å². The summed E-state index contributed by atoms with van der Waals surface area (Å²) < 4.78 is 1.56. The maximum atomic E-state index is 13.3. The Morgan fingerprint density at radius 3 is 2.67 bits per heavy atom. The molecule has 1 aromatic carbocycles. The summed E-state index contributed by atoms with van der Waals surface area (Å²) in [5.41, 5.74) is 1.40. The Labute approximate surface area is 141 Å². The molecule has 2 unspecified atom stereocenters. The molecule has 2 aliphatic heterocycles. The molecule has 0 radical (unpaired) electrons. The first-order valence-corrected chi connectivity index (χ1v) is 8.59. The summed E-state index contributed by atoms with van der Waals surface area (Å²) in [5.74, 6) is 0.0869. The maximum absolute atomic E-state index is 13.3. The summed E-state index contributed by atoms with van der Waals surface area (Å²) in [7, 11) is 2.17. The van der Waals surface area contributed by atoms with Crippen molar-refractivity contribution in [2.75, 3.05) is 20.1 Å². The second-order valence-electron chi connectivity index (χ2n) is 6.67. The van der Waals surface area contributed by atoms with E-state index in [1.54, 1.807) is 4.68 Å². The van der Waals surface area contributed by atoms with Crippen molar-refractivity contribution in [2.24, 2.45) is 0 Å². The molecule has 7 heteroatoms. The fourth-order valence-electron chi connectivity index (χ4n) is 4.15. The van der Waals surface area contributed by atoms with Gasteiger partial charge in [0.2, 0.25) is 0 Å². The highest BCUT2D eigenvalue weighted by atomic mass is 16.2. The Balaban J connectivity index is 1.64. The van der Waals surface area contributed by atoms with Gasteiger partial charge in [0.25, 0.3) is 5.91 Å². The minimum atomic E-state index is 0.0869. The van der Waals surface area contributed by atoms with Gasteiger partial charge in [-0.15, -0.1) is 5.10 Å². The second kappa shape index (κ2) is 6.32. The summed E-state index contributed by atoms with van der Waals surface area (Å²) >= 11 is 0. The number of hydrogen-bond donors (Lipinski definition) is 0. The fraction of sp³-hybridized carbons (Fsp3) is 0.529. The highest BCUT2D eigenvalue weighted by Gasteiger charge is 2.39. The van der Waals surface area contributed by atoms with Crippen LogP contribution in [0.15, 0.2) is 30.6 Å². The fourth-order valence-corrected chi connectivity index (χ4v) is 4.15. The number of para-hydroxylation sites is 1. The van der Waals surface area contributed by atoms with Crippen molar-refractivity contribution in [3.05, 3.63) is 36.2 Å². The predicted molar refractivity (Wildman–Crippen MR) is 88.9 cm³/mol. The van der Waals surface area contributed by atoms with Crippen LogP contribution in [0.2, 0.25) is 0 Å². The number of aromatic nitrogens is 4. The van der Waals surface area contributed by atoms with E-state index >= 15 is 0 Å². The summed E-state index contributed by atoms with van der Waals surface area (Å²) in [6.07, 6.45) is 6.10. The third-order valence-corrected chi connectivity index (χ3v) is 5.31. The van der Waals surface area contributed by atoms with Gasteiger partial charge in [0.1, 0.15) is 6.33 Å². The lowest BCUT2D eigenvalue weighted by Crippen LogP contribution is -2.47. The first kappa shape index (κ1) is 15.3. The number of carbonyl (C=O) groups is 1. The molecule has 2 aromatic rings. The van der Waals surface area contributed by atoms with Crippen LogP contribution < -0.4 is 0 Å². The number of benzene rings is 1. The van der Waals surface area contributed by atoms with Crippen LogP contribution in [0.3, 0.4) is 0 Å². The lowest BCUT2D eigenvalue weighted by atomic mass is 10.0. The molecule has 0 saturated carbocycles. The Kier molecular flexibility index (Phi) is 4.02. The second-order valence-corrected chi connectivity index (χ2v) is 6.67. The van der Waals surface area contributed by atoms with Gasteiger partial charge in [0.15, 0.2) is 0 Å². The van der Waals surface area contributed by atoms with Crippen LogP contribution in [0.5, 0.6) is 0 Å². The molecular formula is C17H22N6O. The van der Waals surface area contributed by atoms with Gasteiger partial charge in [-0.25, -0.2) is 0 Å². The number of likely N-dealkylation sites (tertiary alicyclic amines) is 2. The van der Waals surface area contributed by atoms with Gasteiger partial charge in [-0.05, 0) is 61.8 Å². The molecule has 7 nitrogen and oxygen atoms in total.